The first-order valence-electron chi connectivity index (χ1n) is 20.6. The van der Waals surface area contributed by atoms with Crippen molar-refractivity contribution in [3.05, 3.63) is 94.2 Å². The second kappa shape index (κ2) is 21.7. The fraction of sp³-hybridized carbons (Fsp3) is 0.364. The van der Waals surface area contributed by atoms with Gasteiger partial charge in [0.2, 0.25) is 5.69 Å². The molecule has 23 heteroatoms. The number of aromatic carboxylic acids is 2. The van der Waals surface area contributed by atoms with Crippen LogP contribution in [0.5, 0.6) is 0 Å². The van der Waals surface area contributed by atoms with Crippen LogP contribution in [-0.4, -0.2) is 115 Å². The number of aryl methyl sites for hydroxylation is 2. The number of hydrogen-bond acceptors (Lipinski definition) is 12. The number of nitrogens with zero attached hydrogens (tertiary/aromatic N) is 2. The van der Waals surface area contributed by atoms with E-state index in [4.69, 9.17) is 0 Å². The third kappa shape index (κ3) is 14.8. The highest BCUT2D eigenvalue weighted by Crippen LogP contribution is 2.38. The van der Waals surface area contributed by atoms with Crippen LogP contribution in [0.1, 0.15) is 97.6 Å². The lowest BCUT2D eigenvalue weighted by Crippen LogP contribution is -2.26. The van der Waals surface area contributed by atoms with Gasteiger partial charge in [-0.15, -0.1) is 0 Å². The highest BCUT2D eigenvalue weighted by molar-refractivity contribution is 7.86. The average Bonchev–Trinajstić information content (AvgIpc) is 3.19. The maximum Gasteiger partial charge on any atom is 0.335 e. The van der Waals surface area contributed by atoms with Crippen molar-refractivity contribution in [2.75, 3.05) is 29.5 Å². The fourth-order valence-electron chi connectivity index (χ4n) is 7.87. The number of carbonyl (C=O) groups is 3. The van der Waals surface area contributed by atoms with E-state index in [1.54, 1.807) is 49.3 Å². The van der Waals surface area contributed by atoms with Gasteiger partial charge in [0, 0.05) is 65.7 Å². The number of benzene rings is 4. The van der Waals surface area contributed by atoms with Gasteiger partial charge in [-0.05, 0) is 112 Å². The predicted octanol–water partition coefficient (Wildman–Crippen LogP) is 7.04. The van der Waals surface area contributed by atoms with E-state index in [9.17, 15) is 76.5 Å². The molecule has 0 saturated carbocycles. The molecule has 4 rings (SSSR count). The zero-order valence-corrected chi connectivity index (χ0v) is 40.5. The summed E-state index contributed by atoms with van der Waals surface area (Å²) in [6.45, 7) is 7.65. The van der Waals surface area contributed by atoms with Gasteiger partial charge >= 0.3 is 11.9 Å². The Kier molecular flexibility index (Phi) is 17.6. The quantitative estimate of drug-likeness (QED) is 0.0143. The summed E-state index contributed by atoms with van der Waals surface area (Å²) in [5.74, 6) is -4.14. The first-order chi connectivity index (χ1) is 30.9. The lowest BCUT2D eigenvalue weighted by atomic mass is 9.99. The largest absolute Gasteiger partial charge is 0.478 e. The van der Waals surface area contributed by atoms with Crippen LogP contribution in [-0.2, 0) is 45.3 Å². The molecule has 6 N–H and O–H groups in total. The van der Waals surface area contributed by atoms with Gasteiger partial charge in [-0.1, -0.05) is 18.6 Å². The summed E-state index contributed by atoms with van der Waals surface area (Å²) in [4.78, 5) is 35.7. The number of carboxylic acid groups (broad SMARTS) is 2. The minimum absolute atomic E-state index is 0.0282. The molecule has 0 radical (unpaired) electrons. The van der Waals surface area contributed by atoms with Crippen LogP contribution in [0.4, 0.5) is 11.4 Å². The Morgan fingerprint density at radius 1 is 0.597 bits per heavy atom. The van der Waals surface area contributed by atoms with Crippen LogP contribution in [0.25, 0.3) is 21.5 Å². The van der Waals surface area contributed by atoms with Gasteiger partial charge in [0.05, 0.1) is 22.6 Å². The van der Waals surface area contributed by atoms with Crippen molar-refractivity contribution in [2.45, 2.75) is 89.4 Å². The summed E-state index contributed by atoms with van der Waals surface area (Å²) in [6, 6.07) is 9.69. The second-order valence-corrected chi connectivity index (χ2v) is 22.1. The Hall–Kier alpha value is -5.40. The molecule has 0 amide bonds. The second-order valence-electron chi connectivity index (χ2n) is 16.1. The van der Waals surface area contributed by atoms with Crippen LogP contribution >= 0.6 is 0 Å². The standard InChI is InChI=1S/C44H52N2O17S4/c1-27(21-28(2)45(17-9-19-64(52,53)54)39-25-41(66(58,59)60)37-23-32(43(48)49)13-15-35(37)30(39)4)22-34(12-8-6-7-11-29(3)47)46(18-10-20-65(55,56)57)40-26-42(67(61,62)63)38-24-33(44(50)51)14-16-36(38)31(40)5/h13-16,21-26H,6-12,17-20H2,1-5H3,(H5-,48,49,50,51,52,53,54,55,56,57,58,59,60,61,62,63)/p+1. The van der Waals surface area contributed by atoms with Gasteiger partial charge in [-0.2, -0.15) is 38.2 Å². The van der Waals surface area contributed by atoms with Gasteiger partial charge in [0.15, 0.2) is 5.71 Å². The van der Waals surface area contributed by atoms with Crippen molar-refractivity contribution in [3.63, 3.8) is 0 Å². The first kappa shape index (κ1) is 54.2. The van der Waals surface area contributed by atoms with E-state index in [0.717, 1.165) is 24.3 Å². The van der Waals surface area contributed by atoms with Crippen LogP contribution in [0.15, 0.2) is 81.7 Å². The summed E-state index contributed by atoms with van der Waals surface area (Å²) in [5.41, 5.74) is 1.90. The van der Waals surface area contributed by atoms with E-state index < -0.39 is 73.7 Å². The first-order valence-corrected chi connectivity index (χ1v) is 26.7. The number of allylic oxidation sites excluding steroid dienone is 4. The average molecular weight is 1010 g/mol. The van der Waals surface area contributed by atoms with Crippen molar-refractivity contribution in [3.8, 4) is 0 Å². The number of hydrogen-bond donors (Lipinski definition) is 6. The Labute approximate surface area is 389 Å². The van der Waals surface area contributed by atoms with Gasteiger partial charge in [0.1, 0.15) is 22.1 Å². The molecule has 0 fully saturated rings. The number of rotatable bonds is 23. The molecule has 0 unspecified atom stereocenters. The number of fused-ring (bicyclic) bond motifs is 2. The van der Waals surface area contributed by atoms with E-state index in [0.29, 0.717) is 53.8 Å². The van der Waals surface area contributed by atoms with Gasteiger partial charge in [-0.3, -0.25) is 18.2 Å². The van der Waals surface area contributed by atoms with Crippen molar-refractivity contribution < 1.29 is 81.1 Å². The van der Waals surface area contributed by atoms with E-state index >= 15 is 0 Å². The van der Waals surface area contributed by atoms with Crippen LogP contribution in [0.3, 0.4) is 0 Å². The highest BCUT2D eigenvalue weighted by Gasteiger charge is 2.28. The van der Waals surface area contributed by atoms with E-state index in [1.807, 2.05) is 0 Å². The topological polar surface area (TPSA) is 315 Å². The maximum absolute atomic E-state index is 13.0. The number of carbonyl (C=O) groups excluding carboxylic acids is 1. The fourth-order valence-corrected chi connectivity index (χ4v) is 10.3. The molecule has 4 aromatic carbocycles. The molecular weight excluding hydrogens is 957 g/mol. The minimum atomic E-state index is -5.03. The third-order valence-corrected chi connectivity index (χ3v) is 14.3. The molecule has 0 aliphatic rings. The number of carboxylic acids is 2. The molecule has 19 nitrogen and oxygen atoms in total. The predicted molar refractivity (Wildman–Crippen MR) is 251 cm³/mol. The highest BCUT2D eigenvalue weighted by atomic mass is 32.2. The monoisotopic (exact) mass is 1010 g/mol. The van der Waals surface area contributed by atoms with E-state index in [-0.39, 0.29) is 82.2 Å². The Morgan fingerprint density at radius 3 is 1.58 bits per heavy atom. The molecule has 0 aliphatic heterocycles. The smallest absolute Gasteiger partial charge is 0.335 e. The van der Waals surface area contributed by atoms with E-state index in [2.05, 4.69) is 0 Å². The molecule has 364 valence electrons. The molecular formula is C44H53N2O17S4+. The zero-order chi connectivity index (χ0) is 50.4. The summed E-state index contributed by atoms with van der Waals surface area (Å²) in [6.07, 6.45) is 4.97. The normalized spacial score (nSPS) is 13.5. The van der Waals surface area contributed by atoms with Crippen molar-refractivity contribution in [1.82, 2.24) is 0 Å². The molecule has 0 spiro atoms. The molecule has 0 aliphatic carbocycles. The van der Waals surface area contributed by atoms with Crippen LogP contribution in [0, 0.1) is 13.8 Å². The zero-order valence-electron chi connectivity index (χ0n) is 37.3. The van der Waals surface area contributed by atoms with Crippen LogP contribution in [0.2, 0.25) is 0 Å². The van der Waals surface area contributed by atoms with Crippen molar-refractivity contribution in [2.24, 2.45) is 0 Å². The van der Waals surface area contributed by atoms with E-state index in [1.165, 1.54) is 31.2 Å². The Bertz CT molecular complexity index is 3190. The summed E-state index contributed by atoms with van der Waals surface area (Å²) < 4.78 is 141. The van der Waals surface area contributed by atoms with Crippen molar-refractivity contribution in [1.29, 1.82) is 0 Å². The minimum Gasteiger partial charge on any atom is -0.478 e. The van der Waals surface area contributed by atoms with Crippen LogP contribution < -0.4 is 4.90 Å². The molecule has 0 aromatic heterocycles. The Morgan fingerprint density at radius 2 is 1.09 bits per heavy atom. The van der Waals surface area contributed by atoms with Gasteiger partial charge in [-0.25, -0.2) is 9.59 Å². The number of ketones is 1. The molecule has 67 heavy (non-hydrogen) atoms. The summed E-state index contributed by atoms with van der Waals surface area (Å²) in [5, 5.41) is 19.6. The summed E-state index contributed by atoms with van der Waals surface area (Å²) >= 11 is 0. The molecule has 0 heterocycles. The number of Topliss-reactive ketones (excluding diaryl/α,β-unsaturated/α-hetero) is 1. The van der Waals surface area contributed by atoms with Crippen molar-refractivity contribution >= 4 is 96.8 Å². The third-order valence-electron chi connectivity index (χ3n) is 10.9. The number of unbranched alkanes of at least 4 members (excludes halogenated alkanes) is 2. The molecule has 4 aromatic rings. The molecule has 0 atom stereocenters. The molecule has 0 saturated heterocycles. The van der Waals surface area contributed by atoms with Gasteiger partial charge in [0.25, 0.3) is 40.5 Å². The lowest BCUT2D eigenvalue weighted by molar-refractivity contribution is -0.441. The molecule has 0 bridgehead atoms. The SMILES string of the molecule is CC(=O)CCCCCC(/C=C(C)/C=C(\C)N(CCCS(=O)(=O)O)c1cc(S(=O)(=O)O)c2cc(C(=O)O)ccc2c1C)=[N+](CCCS(=O)(=O)O)c1cc(S(=O)(=O)O)c2cc(C(=O)O)ccc2c1C. The Balaban J connectivity index is 2.07. The van der Waals surface area contributed by atoms with Gasteiger partial charge < -0.3 is 19.9 Å². The summed E-state index contributed by atoms with van der Waals surface area (Å²) in [7, 11) is -19.0. The maximum atomic E-state index is 13.0. The number of anilines is 1. The lowest BCUT2D eigenvalue weighted by Gasteiger charge is -2.29.